The van der Waals surface area contributed by atoms with Crippen molar-refractivity contribution in [1.82, 2.24) is 5.32 Å². The van der Waals surface area contributed by atoms with Crippen molar-refractivity contribution in [2.75, 3.05) is 26.1 Å². The van der Waals surface area contributed by atoms with Crippen molar-refractivity contribution in [2.24, 2.45) is 0 Å². The van der Waals surface area contributed by atoms with Gasteiger partial charge in [0.05, 0.1) is 19.9 Å². The second kappa shape index (κ2) is 7.25. The number of urea groups is 1. The lowest BCUT2D eigenvalue weighted by Gasteiger charge is -2.12. The van der Waals surface area contributed by atoms with Crippen molar-refractivity contribution in [3.05, 3.63) is 18.2 Å². The van der Waals surface area contributed by atoms with Crippen molar-refractivity contribution < 1.29 is 19.1 Å². The lowest BCUT2D eigenvalue weighted by Crippen LogP contribution is -2.30. The molecule has 0 radical (unpaired) electrons. The van der Waals surface area contributed by atoms with Crippen LogP contribution in [0.2, 0.25) is 0 Å². The number of Topliss-reactive ketones (excluding diaryl/α,β-unsaturated/α-hetero) is 1. The predicted molar refractivity (Wildman–Crippen MR) is 71.9 cm³/mol. The fourth-order valence-corrected chi connectivity index (χ4v) is 1.42. The van der Waals surface area contributed by atoms with Crippen LogP contribution in [0.1, 0.15) is 13.3 Å². The maximum atomic E-state index is 11.6. The monoisotopic (exact) mass is 266 g/mol. The van der Waals surface area contributed by atoms with Gasteiger partial charge in [0.2, 0.25) is 0 Å². The Hall–Kier alpha value is -2.24. The summed E-state index contributed by atoms with van der Waals surface area (Å²) in [4.78, 5) is 22.3. The van der Waals surface area contributed by atoms with E-state index in [1.54, 1.807) is 25.3 Å². The van der Waals surface area contributed by atoms with Crippen molar-refractivity contribution in [2.45, 2.75) is 13.3 Å². The molecule has 0 aliphatic heterocycles. The van der Waals surface area contributed by atoms with Crippen molar-refractivity contribution in [3.8, 4) is 11.5 Å². The minimum absolute atomic E-state index is 0.0299. The van der Waals surface area contributed by atoms with Crippen molar-refractivity contribution in [1.29, 1.82) is 0 Å². The summed E-state index contributed by atoms with van der Waals surface area (Å²) in [7, 11) is 3.06. The average molecular weight is 266 g/mol. The SMILES string of the molecule is COc1ccc(NC(=O)NCCC(C)=O)c(OC)c1. The van der Waals surface area contributed by atoms with Crippen LogP contribution in [0.4, 0.5) is 10.5 Å². The Morgan fingerprint density at radius 2 is 1.95 bits per heavy atom. The molecule has 2 amide bonds. The topological polar surface area (TPSA) is 76.7 Å². The van der Waals surface area contributed by atoms with Crippen LogP contribution in [0.25, 0.3) is 0 Å². The molecule has 1 aromatic carbocycles. The molecule has 6 nitrogen and oxygen atoms in total. The number of amides is 2. The van der Waals surface area contributed by atoms with Crippen LogP contribution in [-0.2, 0) is 4.79 Å². The number of ketones is 1. The maximum absolute atomic E-state index is 11.6. The number of hydrogen-bond donors (Lipinski definition) is 2. The number of methoxy groups -OCH3 is 2. The third-order valence-corrected chi connectivity index (χ3v) is 2.42. The van der Waals surface area contributed by atoms with E-state index in [-0.39, 0.29) is 11.8 Å². The lowest BCUT2D eigenvalue weighted by atomic mass is 10.2. The van der Waals surface area contributed by atoms with E-state index in [0.29, 0.717) is 30.2 Å². The molecule has 1 aromatic rings. The number of rotatable bonds is 6. The van der Waals surface area contributed by atoms with Gasteiger partial charge in [0, 0.05) is 19.0 Å². The molecule has 0 atom stereocenters. The normalized spacial score (nSPS) is 9.63. The van der Waals surface area contributed by atoms with Gasteiger partial charge in [-0.3, -0.25) is 4.79 Å². The van der Waals surface area contributed by atoms with E-state index in [1.165, 1.54) is 14.0 Å². The molecule has 0 spiro atoms. The van der Waals surface area contributed by atoms with E-state index in [0.717, 1.165) is 0 Å². The molecule has 0 aromatic heterocycles. The second-order valence-corrected chi connectivity index (χ2v) is 3.90. The van der Waals surface area contributed by atoms with Gasteiger partial charge in [-0.25, -0.2) is 4.79 Å². The first-order chi connectivity index (χ1) is 9.06. The van der Waals surface area contributed by atoms with Crippen LogP contribution in [0.5, 0.6) is 11.5 Å². The van der Waals surface area contributed by atoms with E-state index in [9.17, 15) is 9.59 Å². The number of anilines is 1. The molecule has 6 heteroatoms. The zero-order chi connectivity index (χ0) is 14.3. The number of nitrogens with one attached hydrogen (secondary N) is 2. The Balaban J connectivity index is 2.60. The maximum Gasteiger partial charge on any atom is 0.319 e. The molecule has 104 valence electrons. The van der Waals surface area contributed by atoms with Gasteiger partial charge >= 0.3 is 6.03 Å². The number of benzene rings is 1. The van der Waals surface area contributed by atoms with Gasteiger partial charge in [-0.1, -0.05) is 0 Å². The molecule has 1 rings (SSSR count). The molecular weight excluding hydrogens is 248 g/mol. The van der Waals surface area contributed by atoms with Gasteiger partial charge in [0.1, 0.15) is 17.3 Å². The average Bonchev–Trinajstić information content (AvgIpc) is 2.38. The minimum Gasteiger partial charge on any atom is -0.497 e. The Morgan fingerprint density at radius 1 is 1.21 bits per heavy atom. The molecule has 0 bridgehead atoms. The van der Waals surface area contributed by atoms with E-state index < -0.39 is 0 Å². The van der Waals surface area contributed by atoms with Gasteiger partial charge in [-0.15, -0.1) is 0 Å². The molecular formula is C13H18N2O4. The van der Waals surface area contributed by atoms with Crippen LogP contribution in [0.15, 0.2) is 18.2 Å². The van der Waals surface area contributed by atoms with E-state index in [1.807, 2.05) is 0 Å². The zero-order valence-electron chi connectivity index (χ0n) is 11.3. The van der Waals surface area contributed by atoms with Gasteiger partial charge < -0.3 is 20.1 Å². The fourth-order valence-electron chi connectivity index (χ4n) is 1.42. The Kier molecular flexibility index (Phi) is 5.66. The first-order valence-electron chi connectivity index (χ1n) is 5.83. The second-order valence-electron chi connectivity index (χ2n) is 3.90. The van der Waals surface area contributed by atoms with Crippen molar-refractivity contribution >= 4 is 17.5 Å². The molecule has 2 N–H and O–H groups in total. The van der Waals surface area contributed by atoms with E-state index >= 15 is 0 Å². The van der Waals surface area contributed by atoms with Gasteiger partial charge in [-0.2, -0.15) is 0 Å². The largest absolute Gasteiger partial charge is 0.497 e. The summed E-state index contributed by atoms with van der Waals surface area (Å²) in [5.74, 6) is 1.17. The third-order valence-electron chi connectivity index (χ3n) is 2.42. The van der Waals surface area contributed by atoms with Crippen LogP contribution < -0.4 is 20.1 Å². The zero-order valence-corrected chi connectivity index (χ0v) is 11.3. The number of carbonyl (C=O) groups excluding carboxylic acids is 2. The minimum atomic E-state index is -0.385. The van der Waals surface area contributed by atoms with E-state index in [4.69, 9.17) is 9.47 Å². The molecule has 0 aliphatic rings. The number of carbonyl (C=O) groups is 2. The van der Waals surface area contributed by atoms with E-state index in [2.05, 4.69) is 10.6 Å². The summed E-state index contributed by atoms with van der Waals surface area (Å²) in [6, 6.07) is 4.69. The molecule has 0 saturated heterocycles. The summed E-state index contributed by atoms with van der Waals surface area (Å²) in [6.45, 7) is 1.78. The summed E-state index contributed by atoms with van der Waals surface area (Å²) in [6.07, 6.45) is 0.313. The number of ether oxygens (including phenoxy) is 2. The Labute approximate surface area is 112 Å². The highest BCUT2D eigenvalue weighted by Gasteiger charge is 2.08. The summed E-state index contributed by atoms with van der Waals surface area (Å²) in [5, 5.41) is 5.23. The molecule has 0 unspecified atom stereocenters. The molecule has 19 heavy (non-hydrogen) atoms. The third kappa shape index (κ3) is 4.87. The molecule has 0 heterocycles. The standard InChI is InChI=1S/C13H18N2O4/c1-9(16)6-7-14-13(17)15-11-5-4-10(18-2)8-12(11)19-3/h4-5,8H,6-7H2,1-3H3,(H2,14,15,17). The van der Waals surface area contributed by atoms with Crippen LogP contribution in [0.3, 0.4) is 0 Å². The fraction of sp³-hybridized carbons (Fsp3) is 0.385. The number of hydrogen-bond acceptors (Lipinski definition) is 4. The Bertz CT molecular complexity index is 460. The molecule has 0 fully saturated rings. The lowest BCUT2D eigenvalue weighted by molar-refractivity contribution is -0.116. The smallest absolute Gasteiger partial charge is 0.319 e. The van der Waals surface area contributed by atoms with Crippen LogP contribution in [0, 0.1) is 0 Å². The summed E-state index contributed by atoms with van der Waals surface area (Å²) >= 11 is 0. The van der Waals surface area contributed by atoms with Gasteiger partial charge in [0.15, 0.2) is 0 Å². The van der Waals surface area contributed by atoms with Gasteiger partial charge in [-0.05, 0) is 19.1 Å². The Morgan fingerprint density at radius 3 is 2.53 bits per heavy atom. The quantitative estimate of drug-likeness (QED) is 0.823. The molecule has 0 aliphatic carbocycles. The van der Waals surface area contributed by atoms with Crippen LogP contribution in [-0.4, -0.2) is 32.6 Å². The van der Waals surface area contributed by atoms with Crippen LogP contribution >= 0.6 is 0 Å². The first kappa shape index (κ1) is 14.8. The summed E-state index contributed by atoms with van der Waals surface area (Å²) < 4.78 is 10.2. The highest BCUT2D eigenvalue weighted by Crippen LogP contribution is 2.28. The molecule has 0 saturated carbocycles. The highest BCUT2D eigenvalue weighted by atomic mass is 16.5. The summed E-state index contributed by atoms with van der Waals surface area (Å²) in [5.41, 5.74) is 0.531. The predicted octanol–water partition coefficient (Wildman–Crippen LogP) is 1.80. The van der Waals surface area contributed by atoms with Gasteiger partial charge in [0.25, 0.3) is 0 Å². The van der Waals surface area contributed by atoms with Crippen molar-refractivity contribution in [3.63, 3.8) is 0 Å². The first-order valence-corrected chi connectivity index (χ1v) is 5.83. The highest BCUT2D eigenvalue weighted by molar-refractivity contribution is 5.91.